The lowest BCUT2D eigenvalue weighted by atomic mass is 10.3. The molecule has 0 bridgehead atoms. The molecule has 62 valence electrons. The zero-order chi connectivity index (χ0) is 8.97. The molecular weight excluding hydrogens is 238 g/mol. The molecule has 0 spiro atoms. The number of aromatic nitrogens is 1. The van der Waals surface area contributed by atoms with Crippen molar-refractivity contribution in [2.24, 2.45) is 0 Å². The summed E-state index contributed by atoms with van der Waals surface area (Å²) in [5.41, 5.74) is 6.22. The van der Waals surface area contributed by atoms with Crippen molar-refractivity contribution in [2.45, 2.75) is 0 Å². The van der Waals surface area contributed by atoms with Gasteiger partial charge in [-0.3, -0.25) is 4.72 Å². The third-order valence-electron chi connectivity index (χ3n) is 1.14. The Morgan fingerprint density at radius 3 is 3.08 bits per heavy atom. The van der Waals surface area contributed by atoms with Gasteiger partial charge in [-0.25, -0.2) is 4.98 Å². The summed E-state index contributed by atoms with van der Waals surface area (Å²) >= 11 is 6.98. The third kappa shape index (κ3) is 2.32. The van der Waals surface area contributed by atoms with Crippen LogP contribution in [0.3, 0.4) is 0 Å². The van der Waals surface area contributed by atoms with Gasteiger partial charge < -0.3 is 5.73 Å². The van der Waals surface area contributed by atoms with E-state index in [1.807, 2.05) is 0 Å². The van der Waals surface area contributed by atoms with Crippen LogP contribution >= 0.6 is 28.7 Å². The van der Waals surface area contributed by atoms with Gasteiger partial charge in [-0.05, 0) is 27.9 Å². The van der Waals surface area contributed by atoms with Crippen LogP contribution in [0.5, 0.6) is 0 Å². The van der Waals surface area contributed by atoms with Crippen LogP contribution in [0.25, 0.3) is 0 Å². The van der Waals surface area contributed by atoms with Crippen molar-refractivity contribution < 1.29 is 0 Å². The highest BCUT2D eigenvalue weighted by molar-refractivity contribution is 9.10. The Morgan fingerprint density at radius 1 is 1.67 bits per heavy atom. The highest BCUT2D eigenvalue weighted by Crippen LogP contribution is 2.13. The van der Waals surface area contributed by atoms with Gasteiger partial charge in [-0.1, -0.05) is 12.8 Å². The van der Waals surface area contributed by atoms with Gasteiger partial charge >= 0.3 is 0 Å². The number of pyridine rings is 1. The normalized spacial score (nSPS) is 8.50. The van der Waals surface area contributed by atoms with Gasteiger partial charge in [0, 0.05) is 16.7 Å². The fourth-order valence-electron chi connectivity index (χ4n) is 0.645. The molecule has 1 aromatic rings. The summed E-state index contributed by atoms with van der Waals surface area (Å²) in [5, 5.41) is 0. The van der Waals surface area contributed by atoms with Crippen molar-refractivity contribution in [2.75, 3.05) is 5.73 Å². The molecule has 0 aliphatic carbocycles. The Balaban J connectivity index is 3.05. The third-order valence-corrected chi connectivity index (χ3v) is 1.68. The van der Waals surface area contributed by atoms with Crippen molar-refractivity contribution in [3.63, 3.8) is 0 Å². The minimum Gasteiger partial charge on any atom is -0.383 e. The maximum Gasteiger partial charge on any atom is 0.139 e. The maximum atomic E-state index is 5.54. The summed E-state index contributed by atoms with van der Waals surface area (Å²) in [6, 6.07) is 4.35. The van der Waals surface area contributed by atoms with E-state index in [9.17, 15) is 0 Å². The highest BCUT2D eigenvalue weighted by atomic mass is 79.9. The number of hydrogen-bond donors (Lipinski definition) is 3. The van der Waals surface area contributed by atoms with E-state index in [1.165, 1.54) is 0 Å². The molecule has 0 amide bonds. The summed E-state index contributed by atoms with van der Waals surface area (Å²) in [4.78, 5) is 3.91. The Kier molecular flexibility index (Phi) is 3.26. The van der Waals surface area contributed by atoms with E-state index in [-0.39, 0.29) is 0 Å². The second-order valence-electron chi connectivity index (χ2n) is 1.95. The van der Waals surface area contributed by atoms with Gasteiger partial charge in [0.25, 0.3) is 0 Å². The Morgan fingerprint density at radius 2 is 2.42 bits per heavy atom. The summed E-state index contributed by atoms with van der Waals surface area (Å²) in [6.45, 7) is 0. The summed E-state index contributed by atoms with van der Waals surface area (Å²) in [7, 11) is 0. The quantitative estimate of drug-likeness (QED) is 0.365. The molecule has 5 heteroatoms. The molecule has 0 saturated heterocycles. The summed E-state index contributed by atoms with van der Waals surface area (Å²) in [5.74, 6) is 3.16. The molecule has 3 nitrogen and oxygen atoms in total. The van der Waals surface area contributed by atoms with Crippen LogP contribution in [-0.4, -0.2) is 4.98 Å². The maximum absolute atomic E-state index is 5.54. The number of nitrogens with two attached hydrogens (primary N) is 1. The monoisotopic (exact) mass is 243 g/mol. The Bertz CT molecular complexity index is 342. The zero-order valence-corrected chi connectivity index (χ0v) is 8.48. The molecule has 0 aromatic carbocycles. The number of halogens is 1. The molecule has 0 saturated carbocycles. The number of nitrogen functional groups attached to an aromatic ring is 1. The topological polar surface area (TPSA) is 50.9 Å². The van der Waals surface area contributed by atoms with E-state index in [2.05, 4.69) is 50.4 Å². The molecule has 1 aromatic heterocycles. The number of thiol groups is 1. The van der Waals surface area contributed by atoms with Crippen LogP contribution in [0, 0.1) is 12.0 Å². The number of nitrogens with zero attached hydrogens (tertiary/aromatic N) is 1. The molecule has 1 heterocycles. The zero-order valence-electron chi connectivity index (χ0n) is 6.00. The second-order valence-corrected chi connectivity index (χ2v) is 3.09. The van der Waals surface area contributed by atoms with Crippen LogP contribution in [0.15, 0.2) is 16.7 Å². The van der Waals surface area contributed by atoms with Crippen LogP contribution in [0.1, 0.15) is 5.56 Å². The van der Waals surface area contributed by atoms with E-state index in [0.29, 0.717) is 11.4 Å². The van der Waals surface area contributed by atoms with Crippen molar-refractivity contribution >= 4 is 34.6 Å². The summed E-state index contributed by atoms with van der Waals surface area (Å²) in [6.07, 6.45) is 1.62. The van der Waals surface area contributed by atoms with Gasteiger partial charge in [-0.15, -0.1) is 0 Å². The van der Waals surface area contributed by atoms with Gasteiger partial charge in [0.1, 0.15) is 5.82 Å². The fourth-order valence-corrected chi connectivity index (χ4v) is 1.03. The van der Waals surface area contributed by atoms with E-state index in [4.69, 9.17) is 5.73 Å². The SMILES string of the molecule is Nc1ncc(Br)cc1C#CNS. The van der Waals surface area contributed by atoms with E-state index >= 15 is 0 Å². The average molecular weight is 244 g/mol. The molecule has 0 aliphatic rings. The molecule has 3 N–H and O–H groups in total. The van der Waals surface area contributed by atoms with Gasteiger partial charge in [0.05, 0.1) is 5.56 Å². The minimum atomic E-state index is 0.411. The molecule has 0 fully saturated rings. The molecular formula is C7H6BrN3S. The van der Waals surface area contributed by atoms with Crippen LogP contribution < -0.4 is 10.5 Å². The predicted molar refractivity (Wildman–Crippen MR) is 55.3 cm³/mol. The first-order chi connectivity index (χ1) is 5.74. The summed E-state index contributed by atoms with van der Waals surface area (Å²) < 4.78 is 3.24. The molecule has 0 radical (unpaired) electrons. The van der Waals surface area contributed by atoms with Crippen molar-refractivity contribution in [3.8, 4) is 12.0 Å². The molecule has 0 unspecified atom stereocenters. The lowest BCUT2D eigenvalue weighted by Gasteiger charge is -1.96. The molecule has 0 aliphatic heterocycles. The fraction of sp³-hybridized carbons (Fsp3) is 0. The van der Waals surface area contributed by atoms with Crippen LogP contribution in [-0.2, 0) is 0 Å². The van der Waals surface area contributed by atoms with Gasteiger partial charge in [-0.2, -0.15) is 0 Å². The van der Waals surface area contributed by atoms with Crippen molar-refractivity contribution in [1.82, 2.24) is 9.71 Å². The number of nitrogens with one attached hydrogen (secondary N) is 1. The van der Waals surface area contributed by atoms with E-state index in [0.717, 1.165) is 4.47 Å². The smallest absolute Gasteiger partial charge is 0.139 e. The lowest BCUT2D eigenvalue weighted by Crippen LogP contribution is -1.94. The number of hydrogen-bond acceptors (Lipinski definition) is 4. The first-order valence-electron chi connectivity index (χ1n) is 3.05. The standard InChI is InChI=1S/C7H6BrN3S/c8-6-3-5(1-2-11-12)7(9)10-4-6/h3-4,11-12H,(H2,9,10). The predicted octanol–water partition coefficient (Wildman–Crippen LogP) is 1.17. The first kappa shape index (κ1) is 9.23. The van der Waals surface area contributed by atoms with Crippen LogP contribution in [0.2, 0.25) is 0 Å². The second kappa shape index (κ2) is 4.24. The van der Waals surface area contributed by atoms with E-state index < -0.39 is 0 Å². The molecule has 0 atom stereocenters. The van der Waals surface area contributed by atoms with Gasteiger partial charge in [0.15, 0.2) is 0 Å². The minimum absolute atomic E-state index is 0.411. The van der Waals surface area contributed by atoms with Crippen molar-refractivity contribution in [3.05, 3.63) is 22.3 Å². The lowest BCUT2D eigenvalue weighted by molar-refractivity contribution is 1.30. The Labute approximate surface area is 84.4 Å². The number of rotatable bonds is 0. The highest BCUT2D eigenvalue weighted by Gasteiger charge is 1.96. The van der Waals surface area contributed by atoms with Crippen molar-refractivity contribution in [1.29, 1.82) is 0 Å². The largest absolute Gasteiger partial charge is 0.383 e. The number of anilines is 1. The molecule has 12 heavy (non-hydrogen) atoms. The average Bonchev–Trinajstić information content (AvgIpc) is 2.07. The first-order valence-corrected chi connectivity index (χ1v) is 4.29. The Hall–Kier alpha value is -0.860. The molecule has 1 rings (SSSR count). The van der Waals surface area contributed by atoms with Crippen LogP contribution in [0.4, 0.5) is 5.82 Å². The van der Waals surface area contributed by atoms with Gasteiger partial charge in [0.2, 0.25) is 0 Å². The van der Waals surface area contributed by atoms with E-state index in [1.54, 1.807) is 12.3 Å².